The van der Waals surface area contributed by atoms with Crippen LogP contribution in [0.3, 0.4) is 0 Å². The lowest BCUT2D eigenvalue weighted by Gasteiger charge is -2.23. The number of aryl methyl sites for hydroxylation is 1. The zero-order valence-electron chi connectivity index (χ0n) is 20.5. The number of nitrogens with two attached hydrogens (primary N) is 1. The second kappa shape index (κ2) is 9.13. The zero-order valence-corrected chi connectivity index (χ0v) is 20.5. The third-order valence-electron chi connectivity index (χ3n) is 7.15. The minimum absolute atomic E-state index is 0.0104. The van der Waals surface area contributed by atoms with Gasteiger partial charge in [-0.25, -0.2) is 9.78 Å². The number of aromatic nitrogens is 3. The van der Waals surface area contributed by atoms with E-state index in [0.717, 1.165) is 55.0 Å². The normalized spacial score (nSPS) is 19.6. The highest BCUT2D eigenvalue weighted by Gasteiger charge is 2.46. The molecule has 0 radical (unpaired) electrons. The SMILES string of the molecule is CCNC(=O)N1CC[C@@]2(CCn3nc(-c4cnc(N)c(O[C@H](C)c5ccccc5OC)c4)cc32)C1. The molecule has 3 N–H and O–H groups in total. The van der Waals surface area contributed by atoms with E-state index in [1.807, 2.05) is 49.1 Å². The van der Waals surface area contributed by atoms with Crippen LogP contribution >= 0.6 is 0 Å². The number of nitrogens with one attached hydrogen (secondary N) is 1. The van der Waals surface area contributed by atoms with Gasteiger partial charge in [-0.2, -0.15) is 5.10 Å². The number of para-hydroxylation sites is 1. The van der Waals surface area contributed by atoms with Crippen molar-refractivity contribution in [2.45, 2.75) is 44.8 Å². The molecule has 2 amide bonds. The Kier molecular flexibility index (Phi) is 6.00. The number of carbonyl (C=O) groups is 1. The van der Waals surface area contributed by atoms with Crippen molar-refractivity contribution in [3.8, 4) is 22.8 Å². The van der Waals surface area contributed by atoms with Crippen LogP contribution in [0.2, 0.25) is 0 Å². The van der Waals surface area contributed by atoms with Crippen LogP contribution in [-0.2, 0) is 12.0 Å². The number of likely N-dealkylation sites (tertiary alicyclic amines) is 1. The Hall–Kier alpha value is -3.75. The third-order valence-corrected chi connectivity index (χ3v) is 7.15. The molecule has 35 heavy (non-hydrogen) atoms. The van der Waals surface area contributed by atoms with Crippen molar-refractivity contribution in [1.29, 1.82) is 0 Å². The molecule has 0 unspecified atom stereocenters. The van der Waals surface area contributed by atoms with Gasteiger partial charge < -0.3 is 25.4 Å². The van der Waals surface area contributed by atoms with E-state index >= 15 is 0 Å². The topological polar surface area (TPSA) is 108 Å². The maximum Gasteiger partial charge on any atom is 0.317 e. The zero-order chi connectivity index (χ0) is 24.6. The van der Waals surface area contributed by atoms with Gasteiger partial charge in [-0.1, -0.05) is 18.2 Å². The van der Waals surface area contributed by atoms with Gasteiger partial charge >= 0.3 is 6.03 Å². The number of ether oxygens (including phenoxy) is 2. The molecule has 184 valence electrons. The van der Waals surface area contributed by atoms with Crippen LogP contribution in [-0.4, -0.2) is 52.4 Å². The van der Waals surface area contributed by atoms with Crippen molar-refractivity contribution >= 4 is 11.8 Å². The summed E-state index contributed by atoms with van der Waals surface area (Å²) < 4.78 is 13.8. The third kappa shape index (κ3) is 4.15. The molecule has 0 bridgehead atoms. The second-order valence-corrected chi connectivity index (χ2v) is 9.28. The average molecular weight is 477 g/mol. The monoisotopic (exact) mass is 476 g/mol. The Labute approximate surface area is 205 Å². The Bertz CT molecular complexity index is 1240. The molecule has 3 aromatic rings. The largest absolute Gasteiger partial charge is 0.496 e. The first kappa shape index (κ1) is 23.0. The number of pyridine rings is 1. The molecular formula is C26H32N6O3. The number of fused-ring (bicyclic) bond motifs is 2. The number of hydrogen-bond acceptors (Lipinski definition) is 6. The van der Waals surface area contributed by atoms with E-state index in [9.17, 15) is 4.79 Å². The highest BCUT2D eigenvalue weighted by Crippen LogP contribution is 2.44. The van der Waals surface area contributed by atoms with Gasteiger partial charge in [0, 0.05) is 54.6 Å². The highest BCUT2D eigenvalue weighted by atomic mass is 16.5. The molecule has 1 saturated heterocycles. The maximum absolute atomic E-state index is 12.4. The van der Waals surface area contributed by atoms with Crippen molar-refractivity contribution in [3.05, 3.63) is 53.9 Å². The number of benzene rings is 1. The first-order valence-corrected chi connectivity index (χ1v) is 12.1. The number of nitrogens with zero attached hydrogens (tertiary/aromatic N) is 4. The van der Waals surface area contributed by atoms with Crippen LogP contribution in [0.1, 0.15) is 44.1 Å². The molecular weight excluding hydrogens is 444 g/mol. The van der Waals surface area contributed by atoms with Crippen LogP contribution in [0.5, 0.6) is 11.5 Å². The quantitative estimate of drug-likeness (QED) is 0.561. The van der Waals surface area contributed by atoms with E-state index in [-0.39, 0.29) is 17.6 Å². The van der Waals surface area contributed by atoms with Gasteiger partial charge in [0.05, 0.1) is 12.8 Å². The lowest BCUT2D eigenvalue weighted by molar-refractivity contribution is 0.206. The molecule has 0 saturated carbocycles. The number of rotatable bonds is 6. The molecule has 2 atom stereocenters. The first-order chi connectivity index (χ1) is 16.9. The van der Waals surface area contributed by atoms with Crippen molar-refractivity contribution in [1.82, 2.24) is 25.0 Å². The number of urea groups is 1. The van der Waals surface area contributed by atoms with Crippen LogP contribution in [0, 0.1) is 0 Å². The first-order valence-electron chi connectivity index (χ1n) is 12.1. The van der Waals surface area contributed by atoms with E-state index < -0.39 is 0 Å². The Morgan fingerprint density at radius 2 is 2.03 bits per heavy atom. The smallest absolute Gasteiger partial charge is 0.317 e. The van der Waals surface area contributed by atoms with E-state index in [4.69, 9.17) is 20.3 Å². The second-order valence-electron chi connectivity index (χ2n) is 9.28. The van der Waals surface area contributed by atoms with E-state index in [1.54, 1.807) is 13.3 Å². The lowest BCUT2D eigenvalue weighted by Crippen LogP contribution is -2.40. The molecule has 0 aliphatic carbocycles. The Morgan fingerprint density at radius 1 is 1.23 bits per heavy atom. The van der Waals surface area contributed by atoms with Gasteiger partial charge in [-0.3, -0.25) is 4.68 Å². The molecule has 2 aliphatic rings. The fraction of sp³-hybridized carbons (Fsp3) is 0.423. The summed E-state index contributed by atoms with van der Waals surface area (Å²) in [5.41, 5.74) is 9.91. The Balaban J connectivity index is 1.38. The van der Waals surface area contributed by atoms with Crippen LogP contribution in [0.15, 0.2) is 42.6 Å². The number of amides is 2. The van der Waals surface area contributed by atoms with Crippen molar-refractivity contribution in [2.24, 2.45) is 0 Å². The van der Waals surface area contributed by atoms with Gasteiger partial charge in [0.1, 0.15) is 11.9 Å². The summed E-state index contributed by atoms with van der Waals surface area (Å²) in [6, 6.07) is 11.8. The van der Waals surface area contributed by atoms with Crippen molar-refractivity contribution in [2.75, 3.05) is 32.5 Å². The summed E-state index contributed by atoms with van der Waals surface area (Å²) in [7, 11) is 1.65. The minimum Gasteiger partial charge on any atom is -0.496 e. The fourth-order valence-corrected chi connectivity index (χ4v) is 5.27. The number of methoxy groups -OCH3 is 1. The minimum atomic E-state index is -0.278. The molecule has 4 heterocycles. The van der Waals surface area contributed by atoms with Crippen molar-refractivity contribution in [3.63, 3.8) is 0 Å². The summed E-state index contributed by atoms with van der Waals surface area (Å²) >= 11 is 0. The van der Waals surface area contributed by atoms with Crippen LogP contribution < -0.4 is 20.5 Å². The summed E-state index contributed by atoms with van der Waals surface area (Å²) in [5.74, 6) is 1.59. The van der Waals surface area contributed by atoms with E-state index in [1.165, 1.54) is 5.69 Å². The molecule has 9 heteroatoms. The van der Waals surface area contributed by atoms with Gasteiger partial charge in [0.2, 0.25) is 0 Å². The molecule has 1 aromatic carbocycles. The maximum atomic E-state index is 12.4. The van der Waals surface area contributed by atoms with E-state index in [0.29, 0.717) is 18.1 Å². The average Bonchev–Trinajstić information content (AvgIpc) is 3.57. The van der Waals surface area contributed by atoms with Gasteiger partial charge in [-0.05, 0) is 44.9 Å². The predicted octanol–water partition coefficient (Wildman–Crippen LogP) is 3.75. The number of carbonyl (C=O) groups excluding carboxylic acids is 1. The fourth-order valence-electron chi connectivity index (χ4n) is 5.27. The number of hydrogen-bond donors (Lipinski definition) is 2. The molecule has 9 nitrogen and oxygen atoms in total. The summed E-state index contributed by atoms with van der Waals surface area (Å²) in [5, 5.41) is 7.78. The standard InChI is InChI=1S/C26H32N6O3/c1-4-28-25(33)31-11-9-26(16-31)10-12-32-23(26)14-20(30-32)18-13-22(24(27)29-15-18)35-17(2)19-7-5-6-8-21(19)34-3/h5-8,13-15,17H,4,9-12,16H2,1-3H3,(H2,27,29)(H,28,33)/t17-,26-/m1/s1. The highest BCUT2D eigenvalue weighted by molar-refractivity contribution is 5.75. The van der Waals surface area contributed by atoms with Crippen LogP contribution in [0.25, 0.3) is 11.3 Å². The molecule has 5 rings (SSSR count). The van der Waals surface area contributed by atoms with Crippen LogP contribution in [0.4, 0.5) is 10.6 Å². The summed E-state index contributed by atoms with van der Waals surface area (Å²) in [6.45, 7) is 6.85. The summed E-state index contributed by atoms with van der Waals surface area (Å²) in [6.07, 6.45) is 3.40. The van der Waals surface area contributed by atoms with E-state index in [2.05, 4.69) is 21.0 Å². The Morgan fingerprint density at radius 3 is 2.83 bits per heavy atom. The molecule has 2 aliphatic heterocycles. The predicted molar refractivity (Wildman–Crippen MR) is 133 cm³/mol. The molecule has 2 aromatic heterocycles. The van der Waals surface area contributed by atoms with Gasteiger partial charge in [-0.15, -0.1) is 0 Å². The number of nitrogen functional groups attached to an aromatic ring is 1. The van der Waals surface area contributed by atoms with Crippen molar-refractivity contribution < 1.29 is 14.3 Å². The number of anilines is 1. The molecule has 1 spiro atoms. The van der Waals surface area contributed by atoms with Gasteiger partial charge in [0.25, 0.3) is 0 Å². The molecule has 1 fully saturated rings. The summed E-state index contributed by atoms with van der Waals surface area (Å²) in [4.78, 5) is 18.7. The lowest BCUT2D eigenvalue weighted by atomic mass is 9.82. The van der Waals surface area contributed by atoms with Gasteiger partial charge in [0.15, 0.2) is 11.6 Å².